The third kappa shape index (κ3) is 5.22. The van der Waals surface area contributed by atoms with Crippen LogP contribution in [0, 0.1) is 5.92 Å². The lowest BCUT2D eigenvalue weighted by molar-refractivity contribution is -0.134. The monoisotopic (exact) mass is 372 g/mol. The first-order chi connectivity index (χ1) is 13.2. The van der Waals surface area contributed by atoms with E-state index in [4.69, 9.17) is 4.74 Å². The molecular formula is C21H32N4O2. The zero-order valence-corrected chi connectivity index (χ0v) is 16.5. The van der Waals surface area contributed by atoms with E-state index in [9.17, 15) is 4.79 Å². The number of nitrogens with one attached hydrogen (secondary N) is 2. The van der Waals surface area contributed by atoms with Crippen LogP contribution in [-0.2, 0) is 22.7 Å². The largest absolute Gasteiger partial charge is 0.380 e. The van der Waals surface area contributed by atoms with Crippen LogP contribution in [0.3, 0.4) is 0 Å². The zero-order valence-electron chi connectivity index (χ0n) is 16.5. The fourth-order valence-electron chi connectivity index (χ4n) is 4.10. The van der Waals surface area contributed by atoms with Crippen molar-refractivity contribution in [1.29, 1.82) is 0 Å². The second-order valence-electron chi connectivity index (χ2n) is 7.52. The number of methoxy groups -OCH3 is 1. The van der Waals surface area contributed by atoms with Gasteiger partial charge in [-0.25, -0.2) is 0 Å². The lowest BCUT2D eigenvalue weighted by Gasteiger charge is -2.21. The molecule has 1 aromatic rings. The summed E-state index contributed by atoms with van der Waals surface area (Å²) in [6.07, 6.45) is 5.51. The Morgan fingerprint density at radius 3 is 2.67 bits per heavy atom. The second-order valence-corrected chi connectivity index (χ2v) is 7.52. The van der Waals surface area contributed by atoms with Gasteiger partial charge in [0.2, 0.25) is 5.91 Å². The molecule has 0 bridgehead atoms. The van der Waals surface area contributed by atoms with E-state index in [2.05, 4.69) is 27.8 Å². The van der Waals surface area contributed by atoms with Crippen molar-refractivity contribution < 1.29 is 9.53 Å². The zero-order chi connectivity index (χ0) is 19.1. The molecule has 2 fully saturated rings. The Morgan fingerprint density at radius 1 is 1.22 bits per heavy atom. The number of hydrogen-bond acceptors (Lipinski definition) is 3. The van der Waals surface area contributed by atoms with Crippen molar-refractivity contribution in [3.05, 3.63) is 35.4 Å². The first-order valence-electron chi connectivity index (χ1n) is 10.0. The van der Waals surface area contributed by atoms with E-state index in [0.717, 1.165) is 38.3 Å². The lowest BCUT2D eigenvalue weighted by atomic mass is 10.1. The van der Waals surface area contributed by atoms with Crippen LogP contribution >= 0.6 is 0 Å². The summed E-state index contributed by atoms with van der Waals surface area (Å²) in [4.78, 5) is 19.0. The van der Waals surface area contributed by atoms with Crippen LogP contribution in [0.4, 0.5) is 0 Å². The summed E-state index contributed by atoms with van der Waals surface area (Å²) in [5.41, 5.74) is 2.38. The van der Waals surface area contributed by atoms with Crippen LogP contribution in [0.2, 0.25) is 0 Å². The smallest absolute Gasteiger partial charge is 0.225 e. The van der Waals surface area contributed by atoms with Crippen molar-refractivity contribution in [2.24, 2.45) is 10.9 Å². The van der Waals surface area contributed by atoms with E-state index in [1.54, 1.807) is 14.2 Å². The van der Waals surface area contributed by atoms with Crippen molar-refractivity contribution in [2.45, 2.75) is 51.3 Å². The Bertz CT molecular complexity index is 655. The minimum absolute atomic E-state index is 0.260. The van der Waals surface area contributed by atoms with E-state index in [1.807, 2.05) is 17.0 Å². The molecule has 1 aliphatic carbocycles. The number of hydrogen-bond donors (Lipinski definition) is 2. The Hall–Kier alpha value is -2.08. The van der Waals surface area contributed by atoms with Gasteiger partial charge in [0, 0.05) is 45.8 Å². The normalized spacial score (nSPS) is 20.9. The number of guanidine groups is 1. The van der Waals surface area contributed by atoms with Crippen LogP contribution < -0.4 is 10.6 Å². The van der Waals surface area contributed by atoms with E-state index in [0.29, 0.717) is 19.1 Å². The maximum atomic E-state index is 12.6. The van der Waals surface area contributed by atoms with E-state index < -0.39 is 0 Å². The molecule has 1 heterocycles. The molecule has 148 valence electrons. The van der Waals surface area contributed by atoms with Gasteiger partial charge < -0.3 is 20.3 Å². The van der Waals surface area contributed by atoms with Gasteiger partial charge in [0.05, 0.1) is 6.61 Å². The van der Waals surface area contributed by atoms with Gasteiger partial charge in [-0.15, -0.1) is 0 Å². The Balaban J connectivity index is 1.49. The molecule has 0 aromatic heterocycles. The third-order valence-electron chi connectivity index (χ3n) is 5.63. The molecule has 0 radical (unpaired) electrons. The van der Waals surface area contributed by atoms with Crippen molar-refractivity contribution in [3.63, 3.8) is 0 Å². The molecule has 3 rings (SSSR count). The molecule has 1 aliphatic heterocycles. The fraction of sp³-hybridized carbons (Fsp3) is 0.619. The molecule has 1 saturated heterocycles. The first kappa shape index (κ1) is 19.7. The number of carbonyl (C=O) groups excluding carboxylic acids is 1. The number of rotatable bonds is 6. The molecule has 0 spiro atoms. The maximum Gasteiger partial charge on any atom is 0.225 e. The Labute approximate surface area is 162 Å². The molecule has 1 amide bonds. The summed E-state index contributed by atoms with van der Waals surface area (Å²) in [6.45, 7) is 2.92. The summed E-state index contributed by atoms with van der Waals surface area (Å²) in [6, 6.07) is 8.51. The topological polar surface area (TPSA) is 66.0 Å². The molecule has 1 saturated carbocycles. The van der Waals surface area contributed by atoms with Gasteiger partial charge in [0.15, 0.2) is 5.96 Å². The number of aliphatic imine (C=N–C) groups is 1. The molecule has 1 unspecified atom stereocenters. The molecular weight excluding hydrogens is 340 g/mol. The quantitative estimate of drug-likeness (QED) is 0.594. The van der Waals surface area contributed by atoms with Gasteiger partial charge in [0.1, 0.15) is 0 Å². The molecule has 6 nitrogen and oxygen atoms in total. The molecule has 6 heteroatoms. The van der Waals surface area contributed by atoms with Crippen molar-refractivity contribution in [2.75, 3.05) is 27.2 Å². The van der Waals surface area contributed by atoms with Gasteiger partial charge >= 0.3 is 0 Å². The van der Waals surface area contributed by atoms with Crippen LogP contribution in [0.15, 0.2) is 29.3 Å². The van der Waals surface area contributed by atoms with E-state index in [1.165, 1.54) is 24.0 Å². The summed E-state index contributed by atoms with van der Waals surface area (Å²) >= 11 is 0. The number of ether oxygens (including phenoxy) is 1. The maximum absolute atomic E-state index is 12.6. The van der Waals surface area contributed by atoms with Crippen LogP contribution in [-0.4, -0.2) is 50.1 Å². The standard InChI is InChI=1S/C21H32N4O2/c1-22-21(23-13-17-9-5-6-10-18(17)15-27-2)24-19-11-12-25(14-19)20(26)16-7-3-4-8-16/h5-6,9-10,16,19H,3-4,7-8,11-15H2,1-2H3,(H2,22,23,24). The van der Waals surface area contributed by atoms with Crippen LogP contribution in [0.1, 0.15) is 43.2 Å². The number of benzene rings is 1. The minimum Gasteiger partial charge on any atom is -0.380 e. The average Bonchev–Trinajstić information content (AvgIpc) is 3.38. The SMILES string of the molecule is CN=C(NCc1ccccc1COC)NC1CCN(C(=O)C2CCCC2)C1. The van der Waals surface area contributed by atoms with Crippen LogP contribution in [0.5, 0.6) is 0 Å². The third-order valence-corrected chi connectivity index (χ3v) is 5.63. The summed E-state index contributed by atoms with van der Waals surface area (Å²) in [5.74, 6) is 1.40. The Kier molecular flexibility index (Phi) is 7.10. The highest BCUT2D eigenvalue weighted by atomic mass is 16.5. The predicted octanol–water partition coefficient (Wildman–Crippen LogP) is 2.29. The fourth-order valence-corrected chi connectivity index (χ4v) is 4.10. The summed E-state index contributed by atoms with van der Waals surface area (Å²) in [5, 5.41) is 6.87. The van der Waals surface area contributed by atoms with Gasteiger partial charge in [-0.3, -0.25) is 9.79 Å². The summed E-state index contributed by atoms with van der Waals surface area (Å²) in [7, 11) is 3.50. The molecule has 2 aliphatic rings. The van der Waals surface area contributed by atoms with Gasteiger partial charge in [0.25, 0.3) is 0 Å². The number of carbonyl (C=O) groups is 1. The average molecular weight is 373 g/mol. The van der Waals surface area contributed by atoms with E-state index in [-0.39, 0.29) is 12.0 Å². The van der Waals surface area contributed by atoms with Crippen LogP contribution in [0.25, 0.3) is 0 Å². The summed E-state index contributed by atoms with van der Waals surface area (Å²) < 4.78 is 5.27. The number of amides is 1. The first-order valence-corrected chi connectivity index (χ1v) is 10.0. The molecule has 1 atom stereocenters. The lowest BCUT2D eigenvalue weighted by Crippen LogP contribution is -2.45. The predicted molar refractivity (Wildman–Crippen MR) is 107 cm³/mol. The highest BCUT2D eigenvalue weighted by Gasteiger charge is 2.32. The Morgan fingerprint density at radius 2 is 1.96 bits per heavy atom. The van der Waals surface area contributed by atoms with Crippen molar-refractivity contribution in [3.8, 4) is 0 Å². The number of likely N-dealkylation sites (tertiary alicyclic amines) is 1. The molecule has 2 N–H and O–H groups in total. The van der Waals surface area contributed by atoms with Crippen molar-refractivity contribution in [1.82, 2.24) is 15.5 Å². The highest BCUT2D eigenvalue weighted by Crippen LogP contribution is 2.27. The molecule has 1 aromatic carbocycles. The minimum atomic E-state index is 0.260. The van der Waals surface area contributed by atoms with Gasteiger partial charge in [-0.2, -0.15) is 0 Å². The van der Waals surface area contributed by atoms with E-state index >= 15 is 0 Å². The van der Waals surface area contributed by atoms with Crippen molar-refractivity contribution >= 4 is 11.9 Å². The number of nitrogens with zero attached hydrogens (tertiary/aromatic N) is 2. The van der Waals surface area contributed by atoms with Gasteiger partial charge in [-0.05, 0) is 30.4 Å². The highest BCUT2D eigenvalue weighted by molar-refractivity contribution is 5.81. The second kappa shape index (κ2) is 9.74. The molecule has 27 heavy (non-hydrogen) atoms. The van der Waals surface area contributed by atoms with Gasteiger partial charge in [-0.1, -0.05) is 37.1 Å².